The number of hydrogen-bond acceptors (Lipinski definition) is 2. The summed E-state index contributed by atoms with van der Waals surface area (Å²) in [6.07, 6.45) is 6.91. The fraction of sp³-hybridized carbons (Fsp3) is 0.933. The Labute approximate surface area is 112 Å². The van der Waals surface area contributed by atoms with E-state index in [1.54, 1.807) is 0 Å². The Morgan fingerprint density at radius 1 is 1.28 bits per heavy atom. The van der Waals surface area contributed by atoms with E-state index in [0.29, 0.717) is 0 Å². The first-order valence-corrected chi connectivity index (χ1v) is 7.47. The van der Waals surface area contributed by atoms with Crippen molar-refractivity contribution in [1.29, 1.82) is 0 Å². The lowest BCUT2D eigenvalue weighted by molar-refractivity contribution is -0.142. The zero-order valence-corrected chi connectivity index (χ0v) is 12.2. The molecule has 1 aliphatic rings. The maximum atomic E-state index is 11.1. The van der Waals surface area contributed by atoms with E-state index in [4.69, 9.17) is 5.11 Å². The summed E-state index contributed by atoms with van der Waals surface area (Å²) in [5, 5.41) is 9.11. The third kappa shape index (κ3) is 5.38. The number of carbonyl (C=O) groups is 1. The van der Waals surface area contributed by atoms with Crippen LogP contribution in [0.1, 0.15) is 59.3 Å². The summed E-state index contributed by atoms with van der Waals surface area (Å²) in [6, 6.07) is -0.215. The number of rotatable bonds is 8. The van der Waals surface area contributed by atoms with Gasteiger partial charge in [0.2, 0.25) is 0 Å². The van der Waals surface area contributed by atoms with Crippen molar-refractivity contribution in [2.24, 2.45) is 11.8 Å². The average Bonchev–Trinajstić information content (AvgIpc) is 2.74. The molecule has 2 atom stereocenters. The SMILES string of the molecule is CC(C)CCCC(C)CCN1CCC[C@H]1C(=O)O. The zero-order chi connectivity index (χ0) is 13.5. The second-order valence-electron chi connectivity index (χ2n) is 6.25. The Morgan fingerprint density at radius 2 is 2.00 bits per heavy atom. The van der Waals surface area contributed by atoms with Crippen LogP contribution < -0.4 is 0 Å². The molecule has 0 aromatic heterocycles. The molecule has 106 valence electrons. The summed E-state index contributed by atoms with van der Waals surface area (Å²) in [4.78, 5) is 13.2. The van der Waals surface area contributed by atoms with Gasteiger partial charge in [-0.2, -0.15) is 0 Å². The summed E-state index contributed by atoms with van der Waals surface area (Å²) in [5.74, 6) is 0.880. The van der Waals surface area contributed by atoms with Crippen LogP contribution in [-0.4, -0.2) is 35.1 Å². The van der Waals surface area contributed by atoms with Crippen LogP contribution in [-0.2, 0) is 4.79 Å². The summed E-state index contributed by atoms with van der Waals surface area (Å²) in [5.41, 5.74) is 0. The summed E-state index contributed by atoms with van der Waals surface area (Å²) >= 11 is 0. The van der Waals surface area contributed by atoms with Gasteiger partial charge in [-0.1, -0.05) is 40.0 Å². The van der Waals surface area contributed by atoms with Crippen LogP contribution in [0.2, 0.25) is 0 Å². The average molecular weight is 255 g/mol. The Morgan fingerprint density at radius 3 is 2.61 bits per heavy atom. The lowest BCUT2D eigenvalue weighted by atomic mass is 9.97. The van der Waals surface area contributed by atoms with Crippen molar-refractivity contribution in [3.05, 3.63) is 0 Å². The largest absolute Gasteiger partial charge is 0.480 e. The number of nitrogens with zero attached hydrogens (tertiary/aromatic N) is 1. The first kappa shape index (κ1) is 15.5. The third-order valence-electron chi connectivity index (χ3n) is 4.04. The van der Waals surface area contributed by atoms with Gasteiger partial charge in [-0.05, 0) is 44.2 Å². The van der Waals surface area contributed by atoms with Gasteiger partial charge in [0, 0.05) is 0 Å². The Balaban J connectivity index is 2.17. The first-order valence-electron chi connectivity index (χ1n) is 7.47. The molecule has 1 saturated heterocycles. The van der Waals surface area contributed by atoms with Crippen molar-refractivity contribution in [2.45, 2.75) is 65.3 Å². The molecule has 0 aliphatic carbocycles. The van der Waals surface area contributed by atoms with E-state index in [-0.39, 0.29) is 6.04 Å². The highest BCUT2D eigenvalue weighted by Gasteiger charge is 2.29. The number of likely N-dealkylation sites (tertiary alicyclic amines) is 1. The van der Waals surface area contributed by atoms with Crippen molar-refractivity contribution < 1.29 is 9.90 Å². The number of carboxylic acids is 1. The molecule has 3 nitrogen and oxygen atoms in total. The van der Waals surface area contributed by atoms with Crippen molar-refractivity contribution in [1.82, 2.24) is 4.90 Å². The van der Waals surface area contributed by atoms with Crippen LogP contribution >= 0.6 is 0 Å². The van der Waals surface area contributed by atoms with Crippen LogP contribution in [0.15, 0.2) is 0 Å². The highest BCUT2D eigenvalue weighted by molar-refractivity contribution is 5.73. The predicted molar refractivity (Wildman–Crippen MR) is 74.7 cm³/mol. The molecule has 0 amide bonds. The molecule has 1 heterocycles. The van der Waals surface area contributed by atoms with E-state index >= 15 is 0 Å². The van der Waals surface area contributed by atoms with Crippen LogP contribution in [0.4, 0.5) is 0 Å². The normalized spacial score (nSPS) is 22.6. The van der Waals surface area contributed by atoms with Crippen molar-refractivity contribution >= 4 is 5.97 Å². The van der Waals surface area contributed by atoms with Gasteiger partial charge in [0.1, 0.15) is 6.04 Å². The zero-order valence-electron chi connectivity index (χ0n) is 12.2. The minimum absolute atomic E-state index is 0.215. The van der Waals surface area contributed by atoms with Gasteiger partial charge < -0.3 is 5.11 Å². The molecule has 1 N–H and O–H groups in total. The van der Waals surface area contributed by atoms with Gasteiger partial charge >= 0.3 is 5.97 Å². The fourth-order valence-electron chi connectivity index (χ4n) is 2.78. The van der Waals surface area contributed by atoms with Gasteiger partial charge in [0.05, 0.1) is 0 Å². The summed E-state index contributed by atoms with van der Waals surface area (Å²) in [7, 11) is 0. The van der Waals surface area contributed by atoms with Gasteiger partial charge in [-0.3, -0.25) is 9.69 Å². The van der Waals surface area contributed by atoms with Crippen molar-refractivity contribution in [3.8, 4) is 0 Å². The molecule has 0 bridgehead atoms. The molecule has 0 aromatic rings. The van der Waals surface area contributed by atoms with Gasteiger partial charge in [0.25, 0.3) is 0 Å². The predicted octanol–water partition coefficient (Wildman–Crippen LogP) is 3.39. The van der Waals surface area contributed by atoms with Crippen LogP contribution in [0.25, 0.3) is 0 Å². The second kappa shape index (κ2) is 7.78. The number of aliphatic carboxylic acids is 1. The topological polar surface area (TPSA) is 40.5 Å². The van der Waals surface area contributed by atoms with Crippen LogP contribution in [0.5, 0.6) is 0 Å². The summed E-state index contributed by atoms with van der Waals surface area (Å²) in [6.45, 7) is 8.76. The number of hydrogen-bond donors (Lipinski definition) is 1. The lowest BCUT2D eigenvalue weighted by Gasteiger charge is -2.22. The molecule has 18 heavy (non-hydrogen) atoms. The number of carboxylic acid groups (broad SMARTS) is 1. The highest BCUT2D eigenvalue weighted by Crippen LogP contribution is 2.21. The minimum atomic E-state index is -0.639. The van der Waals surface area contributed by atoms with Crippen LogP contribution in [0, 0.1) is 11.8 Å². The van der Waals surface area contributed by atoms with E-state index in [9.17, 15) is 4.79 Å². The van der Waals surface area contributed by atoms with E-state index in [0.717, 1.165) is 44.2 Å². The molecule has 3 heteroatoms. The van der Waals surface area contributed by atoms with Crippen LogP contribution in [0.3, 0.4) is 0 Å². The Kier molecular flexibility index (Phi) is 6.69. The van der Waals surface area contributed by atoms with Crippen molar-refractivity contribution in [2.75, 3.05) is 13.1 Å². The van der Waals surface area contributed by atoms with Gasteiger partial charge in [0.15, 0.2) is 0 Å². The second-order valence-corrected chi connectivity index (χ2v) is 6.25. The summed E-state index contributed by atoms with van der Waals surface area (Å²) < 4.78 is 0. The minimum Gasteiger partial charge on any atom is -0.480 e. The molecule has 0 saturated carbocycles. The first-order chi connectivity index (χ1) is 8.50. The molecule has 0 spiro atoms. The smallest absolute Gasteiger partial charge is 0.320 e. The quantitative estimate of drug-likeness (QED) is 0.722. The maximum Gasteiger partial charge on any atom is 0.320 e. The molecule has 1 rings (SSSR count). The third-order valence-corrected chi connectivity index (χ3v) is 4.04. The molecular formula is C15H29NO2. The van der Waals surface area contributed by atoms with Gasteiger partial charge in [-0.15, -0.1) is 0 Å². The maximum absolute atomic E-state index is 11.1. The molecule has 1 fully saturated rings. The van der Waals surface area contributed by atoms with E-state index in [2.05, 4.69) is 25.7 Å². The van der Waals surface area contributed by atoms with E-state index < -0.39 is 5.97 Å². The lowest BCUT2D eigenvalue weighted by Crippen LogP contribution is -2.37. The molecule has 1 aliphatic heterocycles. The monoisotopic (exact) mass is 255 g/mol. The molecule has 0 radical (unpaired) electrons. The van der Waals surface area contributed by atoms with E-state index in [1.807, 2.05) is 0 Å². The van der Waals surface area contributed by atoms with E-state index in [1.165, 1.54) is 19.3 Å². The Bertz CT molecular complexity index is 253. The molecule has 0 aromatic carbocycles. The molecular weight excluding hydrogens is 226 g/mol. The van der Waals surface area contributed by atoms with Crippen molar-refractivity contribution in [3.63, 3.8) is 0 Å². The Hall–Kier alpha value is -0.570. The van der Waals surface area contributed by atoms with Gasteiger partial charge in [-0.25, -0.2) is 0 Å². The standard InChI is InChI=1S/C15H29NO2/c1-12(2)6-4-7-13(3)9-11-16-10-5-8-14(16)15(17)18/h12-14H,4-11H2,1-3H3,(H,17,18)/t13?,14-/m0/s1. The fourth-order valence-corrected chi connectivity index (χ4v) is 2.78. The molecule has 1 unspecified atom stereocenters. The highest BCUT2D eigenvalue weighted by atomic mass is 16.4.